The van der Waals surface area contributed by atoms with Gasteiger partial charge in [0.15, 0.2) is 10.4 Å². The largest absolute Gasteiger partial charge is 0.480 e. The number of carbonyl (C=O) groups excluding carboxylic acids is 1. The van der Waals surface area contributed by atoms with Crippen LogP contribution < -0.4 is 10.1 Å². The molecule has 7 heteroatoms. The molecule has 0 aliphatic carbocycles. The minimum atomic E-state index is -0.654. The molecular weight excluding hydrogens is 354 g/mol. The second kappa shape index (κ2) is 8.13. The fraction of sp³-hybridized carbons (Fsp3) is 0.167. The summed E-state index contributed by atoms with van der Waals surface area (Å²) in [5, 5.41) is 13.3. The van der Waals surface area contributed by atoms with Gasteiger partial charge in [0.05, 0.1) is 0 Å². The van der Waals surface area contributed by atoms with Crippen molar-refractivity contribution in [2.75, 3.05) is 11.1 Å². The molecule has 3 rings (SSSR count). The molecular formula is C18H17N3O2S2. The summed E-state index contributed by atoms with van der Waals surface area (Å²) < 4.78 is 6.65. The van der Waals surface area contributed by atoms with Crippen LogP contribution in [-0.2, 0) is 4.79 Å². The van der Waals surface area contributed by atoms with Gasteiger partial charge in [0.1, 0.15) is 5.75 Å². The maximum Gasteiger partial charge on any atom is 0.266 e. The molecule has 0 aliphatic heterocycles. The number of anilines is 1. The molecule has 25 heavy (non-hydrogen) atoms. The van der Waals surface area contributed by atoms with Gasteiger partial charge in [-0.1, -0.05) is 65.6 Å². The van der Waals surface area contributed by atoms with Gasteiger partial charge in [-0.15, -0.1) is 16.8 Å². The Hall–Kier alpha value is -2.38. The second-order valence-corrected chi connectivity index (χ2v) is 7.44. The number of rotatable bonds is 7. The maximum atomic E-state index is 12.4. The van der Waals surface area contributed by atoms with Crippen LogP contribution in [0.15, 0.2) is 59.5 Å². The molecule has 0 saturated heterocycles. The Bertz CT molecular complexity index is 889. The SMILES string of the molecule is C=CCSc1nnc(NC(=O)C(C)Oc2cccc3ccccc23)s1. The van der Waals surface area contributed by atoms with E-state index in [9.17, 15) is 4.79 Å². The minimum absolute atomic E-state index is 0.260. The zero-order valence-electron chi connectivity index (χ0n) is 13.6. The highest BCUT2D eigenvalue weighted by Gasteiger charge is 2.18. The molecule has 1 heterocycles. The summed E-state index contributed by atoms with van der Waals surface area (Å²) in [6, 6.07) is 13.7. The Morgan fingerprint density at radius 3 is 2.96 bits per heavy atom. The molecule has 1 amide bonds. The third kappa shape index (κ3) is 4.37. The van der Waals surface area contributed by atoms with E-state index in [1.54, 1.807) is 13.0 Å². The number of benzene rings is 2. The summed E-state index contributed by atoms with van der Waals surface area (Å²) in [5.41, 5.74) is 0. The predicted molar refractivity (Wildman–Crippen MR) is 103 cm³/mol. The number of hydrogen-bond donors (Lipinski definition) is 1. The molecule has 5 nitrogen and oxygen atoms in total. The van der Waals surface area contributed by atoms with Crippen LogP contribution in [0.2, 0.25) is 0 Å². The zero-order chi connectivity index (χ0) is 17.6. The van der Waals surface area contributed by atoms with Crippen LogP contribution in [0.1, 0.15) is 6.92 Å². The lowest BCUT2D eigenvalue weighted by Crippen LogP contribution is -2.30. The van der Waals surface area contributed by atoms with E-state index in [2.05, 4.69) is 22.1 Å². The molecule has 0 bridgehead atoms. The molecule has 2 aromatic carbocycles. The molecule has 0 radical (unpaired) electrons. The topological polar surface area (TPSA) is 64.1 Å². The minimum Gasteiger partial charge on any atom is -0.480 e. The predicted octanol–water partition coefficient (Wildman–Crippen LogP) is 4.38. The van der Waals surface area contributed by atoms with E-state index in [1.807, 2.05) is 42.5 Å². The molecule has 1 unspecified atom stereocenters. The Balaban J connectivity index is 1.66. The van der Waals surface area contributed by atoms with Crippen molar-refractivity contribution in [3.8, 4) is 5.75 Å². The number of nitrogens with one attached hydrogen (secondary N) is 1. The highest BCUT2D eigenvalue weighted by Crippen LogP contribution is 2.27. The van der Waals surface area contributed by atoms with Crippen LogP contribution in [0.3, 0.4) is 0 Å². The first-order chi connectivity index (χ1) is 12.2. The van der Waals surface area contributed by atoms with Gasteiger partial charge in [-0.2, -0.15) is 0 Å². The van der Waals surface area contributed by atoms with Crippen LogP contribution in [0.5, 0.6) is 5.75 Å². The number of amides is 1. The number of carbonyl (C=O) groups is 1. The van der Waals surface area contributed by atoms with Gasteiger partial charge in [-0.05, 0) is 18.4 Å². The van der Waals surface area contributed by atoms with E-state index in [0.29, 0.717) is 10.9 Å². The van der Waals surface area contributed by atoms with Crippen molar-refractivity contribution in [2.24, 2.45) is 0 Å². The highest BCUT2D eigenvalue weighted by molar-refractivity contribution is 8.01. The molecule has 0 aliphatic rings. The number of thioether (sulfide) groups is 1. The first-order valence-corrected chi connectivity index (χ1v) is 9.50. The van der Waals surface area contributed by atoms with Crippen LogP contribution in [0, 0.1) is 0 Å². The highest BCUT2D eigenvalue weighted by atomic mass is 32.2. The van der Waals surface area contributed by atoms with Crippen molar-refractivity contribution >= 4 is 44.9 Å². The molecule has 128 valence electrons. The van der Waals surface area contributed by atoms with Crippen molar-refractivity contribution in [3.05, 3.63) is 55.1 Å². The number of fused-ring (bicyclic) bond motifs is 1. The van der Waals surface area contributed by atoms with Crippen molar-refractivity contribution in [1.82, 2.24) is 10.2 Å². The summed E-state index contributed by atoms with van der Waals surface area (Å²) in [6.45, 7) is 5.38. The Labute approximate surface area is 154 Å². The lowest BCUT2D eigenvalue weighted by molar-refractivity contribution is -0.122. The van der Waals surface area contributed by atoms with Crippen LogP contribution in [0.4, 0.5) is 5.13 Å². The van der Waals surface area contributed by atoms with E-state index < -0.39 is 6.10 Å². The molecule has 0 fully saturated rings. The van der Waals surface area contributed by atoms with Crippen molar-refractivity contribution < 1.29 is 9.53 Å². The van der Waals surface area contributed by atoms with Gasteiger partial charge in [0.25, 0.3) is 5.91 Å². The van der Waals surface area contributed by atoms with Gasteiger partial charge < -0.3 is 4.74 Å². The summed E-state index contributed by atoms with van der Waals surface area (Å²) in [4.78, 5) is 12.4. The quantitative estimate of drug-likeness (QED) is 0.379. The van der Waals surface area contributed by atoms with E-state index in [4.69, 9.17) is 4.74 Å². The molecule has 1 atom stereocenters. The fourth-order valence-corrected chi connectivity index (χ4v) is 3.71. The van der Waals surface area contributed by atoms with Gasteiger partial charge >= 0.3 is 0 Å². The third-order valence-electron chi connectivity index (χ3n) is 3.38. The van der Waals surface area contributed by atoms with E-state index >= 15 is 0 Å². The van der Waals surface area contributed by atoms with Gasteiger partial charge in [-0.3, -0.25) is 10.1 Å². The summed E-state index contributed by atoms with van der Waals surface area (Å²) >= 11 is 2.86. The first kappa shape index (κ1) is 17.4. The van der Waals surface area contributed by atoms with E-state index in [-0.39, 0.29) is 5.91 Å². The van der Waals surface area contributed by atoms with E-state index in [0.717, 1.165) is 20.9 Å². The smallest absolute Gasteiger partial charge is 0.266 e. The number of hydrogen-bond acceptors (Lipinski definition) is 6. The molecule has 0 spiro atoms. The molecule has 0 saturated carbocycles. The third-order valence-corrected chi connectivity index (χ3v) is 5.35. The molecule has 1 N–H and O–H groups in total. The van der Waals surface area contributed by atoms with E-state index in [1.165, 1.54) is 23.1 Å². The van der Waals surface area contributed by atoms with Crippen molar-refractivity contribution in [3.63, 3.8) is 0 Å². The van der Waals surface area contributed by atoms with Crippen molar-refractivity contribution in [2.45, 2.75) is 17.4 Å². The summed E-state index contributed by atoms with van der Waals surface area (Å²) in [6.07, 6.45) is 1.14. The summed E-state index contributed by atoms with van der Waals surface area (Å²) in [5.74, 6) is 1.17. The molecule has 1 aromatic heterocycles. The van der Waals surface area contributed by atoms with Gasteiger partial charge in [0, 0.05) is 11.1 Å². The standard InChI is InChI=1S/C18H17N3O2S2/c1-3-11-24-18-21-20-17(25-18)19-16(22)12(2)23-15-10-6-8-13-7-4-5-9-14(13)15/h3-10,12H,1,11H2,2H3,(H,19,20,22). The average molecular weight is 371 g/mol. The van der Waals surface area contributed by atoms with Gasteiger partial charge in [-0.25, -0.2) is 0 Å². The Kier molecular flexibility index (Phi) is 5.67. The van der Waals surface area contributed by atoms with Gasteiger partial charge in [0.2, 0.25) is 5.13 Å². The number of nitrogens with zero attached hydrogens (tertiary/aromatic N) is 2. The van der Waals surface area contributed by atoms with Crippen molar-refractivity contribution in [1.29, 1.82) is 0 Å². The molecule has 3 aromatic rings. The Morgan fingerprint density at radius 1 is 1.32 bits per heavy atom. The van der Waals surface area contributed by atoms with Crippen LogP contribution in [-0.4, -0.2) is 28.0 Å². The lowest BCUT2D eigenvalue weighted by Gasteiger charge is -2.15. The average Bonchev–Trinajstić information content (AvgIpc) is 3.07. The van der Waals surface area contributed by atoms with Crippen LogP contribution in [0.25, 0.3) is 10.8 Å². The fourth-order valence-electron chi connectivity index (χ4n) is 2.20. The monoisotopic (exact) mass is 371 g/mol. The lowest BCUT2D eigenvalue weighted by atomic mass is 10.1. The normalized spacial score (nSPS) is 11.9. The van der Waals surface area contributed by atoms with Crippen LogP contribution >= 0.6 is 23.1 Å². The number of ether oxygens (including phenoxy) is 1. The second-order valence-electron chi connectivity index (χ2n) is 5.20. The summed E-state index contributed by atoms with van der Waals surface area (Å²) in [7, 11) is 0. The Morgan fingerprint density at radius 2 is 2.12 bits per heavy atom. The maximum absolute atomic E-state index is 12.4. The number of aromatic nitrogens is 2. The zero-order valence-corrected chi connectivity index (χ0v) is 15.3. The first-order valence-electron chi connectivity index (χ1n) is 7.70.